The minimum absolute atomic E-state index is 0.246. The van der Waals surface area contributed by atoms with Crippen LogP contribution in [0.1, 0.15) is 10.4 Å². The molecule has 0 saturated carbocycles. The van der Waals surface area contributed by atoms with Gasteiger partial charge in [0.1, 0.15) is 5.56 Å². The lowest BCUT2D eigenvalue weighted by atomic mass is 10.1. The minimum Gasteiger partial charge on any atom is -0.477 e. The average molecular weight is 250 g/mol. The Morgan fingerprint density at radius 3 is 2.53 bits per heavy atom. The second-order valence-electron chi connectivity index (χ2n) is 3.40. The van der Waals surface area contributed by atoms with Crippen molar-refractivity contribution in [1.82, 2.24) is 4.98 Å². The van der Waals surface area contributed by atoms with Crippen molar-refractivity contribution in [2.75, 3.05) is 0 Å². The van der Waals surface area contributed by atoms with Crippen LogP contribution in [-0.4, -0.2) is 16.1 Å². The summed E-state index contributed by atoms with van der Waals surface area (Å²) < 4.78 is 0. The summed E-state index contributed by atoms with van der Waals surface area (Å²) in [6.07, 6.45) is 2.60. The van der Waals surface area contributed by atoms with Crippen LogP contribution < -0.4 is 5.43 Å². The van der Waals surface area contributed by atoms with Gasteiger partial charge < -0.3 is 10.1 Å². The summed E-state index contributed by atoms with van der Waals surface area (Å²) in [4.78, 5) is 25.4. The molecule has 1 aromatic heterocycles. The Balaban J connectivity index is 2.70. The number of pyridine rings is 1. The van der Waals surface area contributed by atoms with E-state index in [9.17, 15) is 9.59 Å². The van der Waals surface area contributed by atoms with Crippen LogP contribution >= 0.6 is 11.6 Å². The van der Waals surface area contributed by atoms with E-state index in [0.29, 0.717) is 10.6 Å². The molecule has 0 aliphatic carbocycles. The molecule has 0 radical (unpaired) electrons. The van der Waals surface area contributed by atoms with Crippen LogP contribution in [0.3, 0.4) is 0 Å². The molecule has 17 heavy (non-hydrogen) atoms. The zero-order valence-corrected chi connectivity index (χ0v) is 9.36. The molecule has 1 aromatic carbocycles. The van der Waals surface area contributed by atoms with Gasteiger partial charge in [-0.25, -0.2) is 4.79 Å². The van der Waals surface area contributed by atoms with Gasteiger partial charge in [0, 0.05) is 28.5 Å². The highest BCUT2D eigenvalue weighted by molar-refractivity contribution is 6.33. The first-order chi connectivity index (χ1) is 8.11. The maximum atomic E-state index is 11.9. The highest BCUT2D eigenvalue weighted by Gasteiger charge is 2.14. The molecule has 5 heteroatoms. The van der Waals surface area contributed by atoms with Gasteiger partial charge in [0.2, 0.25) is 5.43 Å². The Hall–Kier alpha value is -2.07. The number of nitrogens with one attached hydrogen (secondary N) is 1. The van der Waals surface area contributed by atoms with Crippen molar-refractivity contribution in [2.24, 2.45) is 0 Å². The summed E-state index contributed by atoms with van der Waals surface area (Å²) in [5.74, 6) is -1.26. The fourth-order valence-corrected chi connectivity index (χ4v) is 1.76. The van der Waals surface area contributed by atoms with Crippen molar-refractivity contribution in [3.05, 3.63) is 57.5 Å². The second kappa shape index (κ2) is 4.43. The molecule has 0 atom stereocenters. The van der Waals surface area contributed by atoms with Gasteiger partial charge in [0.05, 0.1) is 0 Å². The van der Waals surface area contributed by atoms with Gasteiger partial charge in [-0.05, 0) is 6.07 Å². The number of hydrogen-bond donors (Lipinski definition) is 2. The number of carboxylic acids is 1. The van der Waals surface area contributed by atoms with E-state index in [-0.39, 0.29) is 11.1 Å². The SMILES string of the molecule is O=C(O)c1c[nH]cc(-c2ccccc2Cl)c1=O. The van der Waals surface area contributed by atoms with E-state index in [1.165, 1.54) is 6.20 Å². The molecule has 2 rings (SSSR count). The summed E-state index contributed by atoms with van der Waals surface area (Å²) in [6, 6.07) is 6.78. The monoisotopic (exact) mass is 249 g/mol. The highest BCUT2D eigenvalue weighted by atomic mass is 35.5. The Labute approximate surface area is 101 Å². The zero-order chi connectivity index (χ0) is 12.4. The van der Waals surface area contributed by atoms with E-state index in [4.69, 9.17) is 16.7 Å². The van der Waals surface area contributed by atoms with E-state index in [1.54, 1.807) is 24.3 Å². The number of hydrogen-bond acceptors (Lipinski definition) is 2. The number of benzene rings is 1. The molecule has 86 valence electrons. The third kappa shape index (κ3) is 2.07. The van der Waals surface area contributed by atoms with Crippen molar-refractivity contribution < 1.29 is 9.90 Å². The number of carbonyl (C=O) groups is 1. The molecular formula is C12H8ClNO3. The molecule has 2 N–H and O–H groups in total. The molecule has 0 saturated heterocycles. The standard InChI is InChI=1S/C12H8ClNO3/c13-10-4-2-1-3-7(10)8-5-14-6-9(11(8)15)12(16)17/h1-6H,(H,14,15)(H,16,17). The molecule has 4 nitrogen and oxygen atoms in total. The predicted molar refractivity (Wildman–Crippen MR) is 64.5 cm³/mol. The smallest absolute Gasteiger partial charge is 0.341 e. The molecule has 1 heterocycles. The first-order valence-electron chi connectivity index (χ1n) is 4.80. The van der Waals surface area contributed by atoms with Gasteiger partial charge in [-0.3, -0.25) is 4.79 Å². The van der Waals surface area contributed by atoms with Crippen molar-refractivity contribution in [3.8, 4) is 11.1 Å². The number of rotatable bonds is 2. The van der Waals surface area contributed by atoms with Crippen LogP contribution in [-0.2, 0) is 0 Å². The average Bonchev–Trinajstić information content (AvgIpc) is 2.30. The minimum atomic E-state index is -1.26. The number of aromatic amines is 1. The number of aromatic nitrogens is 1. The largest absolute Gasteiger partial charge is 0.477 e. The maximum Gasteiger partial charge on any atom is 0.341 e. The van der Waals surface area contributed by atoms with E-state index in [0.717, 1.165) is 6.20 Å². The summed E-state index contributed by atoms with van der Waals surface area (Å²) >= 11 is 5.96. The fraction of sp³-hybridized carbons (Fsp3) is 0. The highest BCUT2D eigenvalue weighted by Crippen LogP contribution is 2.24. The Bertz CT molecular complexity index is 634. The number of carboxylic acid groups (broad SMARTS) is 1. The van der Waals surface area contributed by atoms with Crippen molar-refractivity contribution in [1.29, 1.82) is 0 Å². The van der Waals surface area contributed by atoms with Gasteiger partial charge in [0.15, 0.2) is 0 Å². The van der Waals surface area contributed by atoms with Crippen LogP contribution in [0.5, 0.6) is 0 Å². The van der Waals surface area contributed by atoms with Crippen molar-refractivity contribution in [2.45, 2.75) is 0 Å². The molecule has 2 aromatic rings. The van der Waals surface area contributed by atoms with Gasteiger partial charge in [-0.15, -0.1) is 0 Å². The summed E-state index contributed by atoms with van der Waals surface area (Å²) in [6.45, 7) is 0. The van der Waals surface area contributed by atoms with E-state index >= 15 is 0 Å². The van der Waals surface area contributed by atoms with Gasteiger partial charge in [-0.2, -0.15) is 0 Å². The molecule has 0 unspecified atom stereocenters. The molecule has 0 bridgehead atoms. The first kappa shape index (κ1) is 11.4. The lowest BCUT2D eigenvalue weighted by molar-refractivity contribution is 0.0695. The van der Waals surface area contributed by atoms with E-state index in [2.05, 4.69) is 4.98 Å². The molecule has 0 aliphatic heterocycles. The Morgan fingerprint density at radius 1 is 1.18 bits per heavy atom. The summed E-state index contributed by atoms with van der Waals surface area (Å²) in [7, 11) is 0. The normalized spacial score (nSPS) is 10.2. The number of H-pyrrole nitrogens is 1. The fourth-order valence-electron chi connectivity index (χ4n) is 1.52. The second-order valence-corrected chi connectivity index (χ2v) is 3.80. The van der Waals surface area contributed by atoms with Crippen LogP contribution in [0, 0.1) is 0 Å². The van der Waals surface area contributed by atoms with Gasteiger partial charge in [0.25, 0.3) is 0 Å². The molecule has 0 aliphatic rings. The molecule has 0 fully saturated rings. The third-order valence-corrected chi connectivity index (χ3v) is 2.67. The summed E-state index contributed by atoms with van der Waals surface area (Å²) in [5, 5.41) is 9.26. The quantitative estimate of drug-likeness (QED) is 0.859. The maximum absolute atomic E-state index is 11.9. The van der Waals surface area contributed by atoms with Crippen molar-refractivity contribution >= 4 is 17.6 Å². The van der Waals surface area contributed by atoms with E-state index in [1.807, 2.05) is 0 Å². The number of halogens is 1. The summed E-state index contributed by atoms with van der Waals surface area (Å²) in [5.41, 5.74) is -0.0965. The zero-order valence-electron chi connectivity index (χ0n) is 8.61. The van der Waals surface area contributed by atoms with Crippen molar-refractivity contribution in [3.63, 3.8) is 0 Å². The predicted octanol–water partition coefficient (Wildman–Crippen LogP) is 2.39. The molecule has 0 amide bonds. The van der Waals surface area contributed by atoms with Gasteiger partial charge in [-0.1, -0.05) is 29.8 Å². The van der Waals surface area contributed by atoms with Crippen LogP contribution in [0.25, 0.3) is 11.1 Å². The molecular weight excluding hydrogens is 242 g/mol. The van der Waals surface area contributed by atoms with Crippen LogP contribution in [0.2, 0.25) is 5.02 Å². The number of aromatic carboxylic acids is 1. The van der Waals surface area contributed by atoms with Crippen LogP contribution in [0.4, 0.5) is 0 Å². The molecule has 0 spiro atoms. The lowest BCUT2D eigenvalue weighted by Crippen LogP contribution is -2.16. The third-order valence-electron chi connectivity index (χ3n) is 2.34. The first-order valence-corrected chi connectivity index (χ1v) is 5.18. The Morgan fingerprint density at radius 2 is 1.88 bits per heavy atom. The lowest BCUT2D eigenvalue weighted by Gasteiger charge is -2.04. The Kier molecular flexibility index (Phi) is 2.97. The van der Waals surface area contributed by atoms with E-state index < -0.39 is 11.4 Å². The van der Waals surface area contributed by atoms with Gasteiger partial charge >= 0.3 is 5.97 Å². The topological polar surface area (TPSA) is 70.2 Å². The van der Waals surface area contributed by atoms with Crippen LogP contribution in [0.15, 0.2) is 41.5 Å².